The fourth-order valence-electron chi connectivity index (χ4n) is 0.819. The first-order chi connectivity index (χ1) is 5.86. The minimum Gasteiger partial charge on any atom is -0.395 e. The van der Waals surface area contributed by atoms with E-state index in [1.807, 2.05) is 0 Å². The normalized spacial score (nSPS) is 9.42. The van der Waals surface area contributed by atoms with Crippen molar-refractivity contribution >= 4 is 12.0 Å². The van der Waals surface area contributed by atoms with Gasteiger partial charge in [0.2, 0.25) is 0 Å². The van der Waals surface area contributed by atoms with Gasteiger partial charge in [-0.3, -0.25) is 9.78 Å². The lowest BCUT2D eigenvalue weighted by molar-refractivity contribution is 0.112. The summed E-state index contributed by atoms with van der Waals surface area (Å²) < 4.78 is 0. The summed E-state index contributed by atoms with van der Waals surface area (Å²) in [5.74, 6) is 0. The first kappa shape index (κ1) is 8.67. The molecule has 0 aromatic carbocycles. The SMILES string of the molecule is O=Cc1cncc(NCCO)c1. The number of nitrogens with one attached hydrogen (secondary N) is 1. The molecule has 0 unspecified atom stereocenters. The highest BCUT2D eigenvalue weighted by molar-refractivity contribution is 5.75. The van der Waals surface area contributed by atoms with Crippen LogP contribution < -0.4 is 5.32 Å². The van der Waals surface area contributed by atoms with Crippen LogP contribution >= 0.6 is 0 Å². The predicted molar refractivity (Wildman–Crippen MR) is 45.2 cm³/mol. The topological polar surface area (TPSA) is 62.2 Å². The average molecular weight is 166 g/mol. The Morgan fingerprint density at radius 3 is 3.08 bits per heavy atom. The van der Waals surface area contributed by atoms with Crippen LogP contribution in [-0.2, 0) is 0 Å². The largest absolute Gasteiger partial charge is 0.395 e. The number of hydrogen-bond acceptors (Lipinski definition) is 4. The highest BCUT2D eigenvalue weighted by Crippen LogP contribution is 2.05. The van der Waals surface area contributed by atoms with Crippen LogP contribution in [-0.4, -0.2) is 29.5 Å². The number of rotatable bonds is 4. The van der Waals surface area contributed by atoms with Crippen LogP contribution in [0.25, 0.3) is 0 Å². The lowest BCUT2D eigenvalue weighted by atomic mass is 10.3. The van der Waals surface area contributed by atoms with Crippen LogP contribution in [0.1, 0.15) is 10.4 Å². The van der Waals surface area contributed by atoms with Gasteiger partial charge in [-0.15, -0.1) is 0 Å². The third kappa shape index (κ3) is 2.32. The summed E-state index contributed by atoms with van der Waals surface area (Å²) in [6.45, 7) is 0.523. The van der Waals surface area contributed by atoms with Crippen molar-refractivity contribution in [3.05, 3.63) is 24.0 Å². The van der Waals surface area contributed by atoms with E-state index in [0.717, 1.165) is 12.0 Å². The maximum absolute atomic E-state index is 10.3. The third-order valence-electron chi connectivity index (χ3n) is 1.34. The van der Waals surface area contributed by atoms with Gasteiger partial charge in [-0.25, -0.2) is 0 Å². The van der Waals surface area contributed by atoms with Crippen LogP contribution in [0.4, 0.5) is 5.69 Å². The Morgan fingerprint density at radius 1 is 1.58 bits per heavy atom. The molecule has 4 heteroatoms. The van der Waals surface area contributed by atoms with E-state index in [1.165, 1.54) is 6.20 Å². The molecule has 12 heavy (non-hydrogen) atoms. The summed E-state index contributed by atoms with van der Waals surface area (Å²) in [6, 6.07) is 1.68. The number of carbonyl (C=O) groups excluding carboxylic acids is 1. The molecule has 1 aromatic rings. The summed E-state index contributed by atoms with van der Waals surface area (Å²) in [5, 5.41) is 11.4. The highest BCUT2D eigenvalue weighted by atomic mass is 16.3. The van der Waals surface area contributed by atoms with E-state index in [-0.39, 0.29) is 6.61 Å². The van der Waals surface area contributed by atoms with Crippen LogP contribution in [0.2, 0.25) is 0 Å². The maximum Gasteiger partial charge on any atom is 0.151 e. The second-order valence-corrected chi connectivity index (χ2v) is 2.28. The van der Waals surface area contributed by atoms with Crippen molar-refractivity contribution in [2.45, 2.75) is 0 Å². The lowest BCUT2D eigenvalue weighted by Crippen LogP contribution is -2.05. The zero-order chi connectivity index (χ0) is 8.81. The van der Waals surface area contributed by atoms with E-state index < -0.39 is 0 Å². The van der Waals surface area contributed by atoms with Crippen LogP contribution in [0.3, 0.4) is 0 Å². The maximum atomic E-state index is 10.3. The molecule has 4 nitrogen and oxygen atoms in total. The average Bonchev–Trinajstić information content (AvgIpc) is 2.15. The number of aliphatic hydroxyl groups excluding tert-OH is 1. The zero-order valence-electron chi connectivity index (χ0n) is 6.53. The summed E-state index contributed by atoms with van der Waals surface area (Å²) >= 11 is 0. The van der Waals surface area contributed by atoms with Gasteiger partial charge >= 0.3 is 0 Å². The summed E-state index contributed by atoms with van der Waals surface area (Å²) in [4.78, 5) is 14.1. The number of hydrogen-bond donors (Lipinski definition) is 2. The van der Waals surface area contributed by atoms with Gasteiger partial charge in [0.25, 0.3) is 0 Å². The minimum atomic E-state index is 0.0608. The molecular formula is C8H10N2O2. The van der Waals surface area contributed by atoms with E-state index in [2.05, 4.69) is 10.3 Å². The van der Waals surface area contributed by atoms with Gasteiger partial charge in [0.1, 0.15) is 0 Å². The second-order valence-electron chi connectivity index (χ2n) is 2.28. The van der Waals surface area contributed by atoms with Crippen LogP contribution in [0.5, 0.6) is 0 Å². The van der Waals surface area contributed by atoms with Gasteiger partial charge in [0.05, 0.1) is 12.3 Å². The smallest absolute Gasteiger partial charge is 0.151 e. The molecule has 0 amide bonds. The molecule has 0 radical (unpaired) electrons. The highest BCUT2D eigenvalue weighted by Gasteiger charge is 1.93. The van der Waals surface area contributed by atoms with Crippen molar-refractivity contribution in [1.29, 1.82) is 0 Å². The molecule has 1 aromatic heterocycles. The Hall–Kier alpha value is -1.42. The van der Waals surface area contributed by atoms with Crippen LogP contribution in [0.15, 0.2) is 18.5 Å². The molecule has 0 aliphatic heterocycles. The molecule has 1 heterocycles. The fourth-order valence-corrected chi connectivity index (χ4v) is 0.819. The predicted octanol–water partition coefficient (Wildman–Crippen LogP) is 0.298. The lowest BCUT2D eigenvalue weighted by Gasteiger charge is -2.02. The minimum absolute atomic E-state index is 0.0608. The molecule has 64 valence electrons. The number of nitrogens with zero attached hydrogens (tertiary/aromatic N) is 1. The standard InChI is InChI=1S/C8H10N2O2/c11-2-1-10-8-3-7(6-12)4-9-5-8/h3-6,10-11H,1-2H2. The Kier molecular flexibility index (Phi) is 3.22. The first-order valence-electron chi connectivity index (χ1n) is 3.62. The van der Waals surface area contributed by atoms with Crippen molar-refractivity contribution in [1.82, 2.24) is 4.98 Å². The molecule has 0 spiro atoms. The number of aldehydes is 1. The molecule has 0 saturated heterocycles. The third-order valence-corrected chi connectivity index (χ3v) is 1.34. The summed E-state index contributed by atoms with van der Waals surface area (Å²) in [5.41, 5.74) is 1.27. The Labute approximate surface area is 70.3 Å². The van der Waals surface area contributed by atoms with Crippen molar-refractivity contribution in [2.75, 3.05) is 18.5 Å². The monoisotopic (exact) mass is 166 g/mol. The molecule has 0 aliphatic carbocycles. The Morgan fingerprint density at radius 2 is 2.42 bits per heavy atom. The van der Waals surface area contributed by atoms with E-state index in [0.29, 0.717) is 12.1 Å². The van der Waals surface area contributed by atoms with E-state index >= 15 is 0 Å². The van der Waals surface area contributed by atoms with Gasteiger partial charge in [-0.05, 0) is 6.07 Å². The molecule has 2 N–H and O–H groups in total. The molecule has 0 saturated carbocycles. The van der Waals surface area contributed by atoms with Gasteiger partial charge in [0.15, 0.2) is 6.29 Å². The van der Waals surface area contributed by atoms with Gasteiger partial charge in [0, 0.05) is 24.5 Å². The quantitative estimate of drug-likeness (QED) is 0.631. The molecule has 0 aliphatic rings. The number of aliphatic hydroxyl groups is 1. The van der Waals surface area contributed by atoms with Crippen LogP contribution in [0, 0.1) is 0 Å². The van der Waals surface area contributed by atoms with Crippen molar-refractivity contribution in [3.63, 3.8) is 0 Å². The molecule has 0 bridgehead atoms. The Bertz CT molecular complexity index is 263. The summed E-state index contributed by atoms with van der Waals surface area (Å²) in [6.07, 6.45) is 3.82. The first-order valence-corrected chi connectivity index (χ1v) is 3.62. The molecular weight excluding hydrogens is 156 g/mol. The van der Waals surface area contributed by atoms with Crippen molar-refractivity contribution < 1.29 is 9.90 Å². The van der Waals surface area contributed by atoms with Gasteiger partial charge in [-0.2, -0.15) is 0 Å². The molecule has 1 rings (SSSR count). The van der Waals surface area contributed by atoms with E-state index in [9.17, 15) is 4.79 Å². The number of carbonyl (C=O) groups is 1. The fraction of sp³-hybridized carbons (Fsp3) is 0.250. The Balaban J connectivity index is 2.66. The van der Waals surface area contributed by atoms with Crippen molar-refractivity contribution in [3.8, 4) is 0 Å². The van der Waals surface area contributed by atoms with E-state index in [4.69, 9.17) is 5.11 Å². The zero-order valence-corrected chi connectivity index (χ0v) is 6.53. The molecule has 0 fully saturated rings. The number of pyridine rings is 1. The van der Waals surface area contributed by atoms with Gasteiger partial charge < -0.3 is 10.4 Å². The number of aromatic nitrogens is 1. The summed E-state index contributed by atoms with van der Waals surface area (Å²) in [7, 11) is 0. The van der Waals surface area contributed by atoms with Crippen molar-refractivity contribution in [2.24, 2.45) is 0 Å². The number of anilines is 1. The van der Waals surface area contributed by atoms with Gasteiger partial charge in [-0.1, -0.05) is 0 Å². The second kappa shape index (κ2) is 4.46. The van der Waals surface area contributed by atoms with E-state index in [1.54, 1.807) is 12.3 Å². The molecule has 0 atom stereocenters.